The molecular weight excluding hydrogens is 260 g/mol. The number of carboxylic acid groups (broad SMARTS) is 1. The lowest BCUT2D eigenvalue weighted by molar-refractivity contribution is -0.137. The normalized spacial score (nSPS) is 10.4. The molecule has 0 bridgehead atoms. The van der Waals surface area contributed by atoms with E-state index in [-0.39, 0.29) is 12.5 Å². The monoisotopic (exact) mass is 280 g/mol. The molecule has 0 aliphatic rings. The average molecular weight is 280 g/mol. The largest absolute Gasteiger partial charge is 0.497 e. The van der Waals surface area contributed by atoms with Crippen LogP contribution in [0.15, 0.2) is 24.3 Å². The Labute approximate surface area is 118 Å². The molecule has 110 valence electrons. The first kappa shape index (κ1) is 16.0. The Morgan fingerprint density at radius 1 is 1.15 bits per heavy atom. The summed E-state index contributed by atoms with van der Waals surface area (Å²) in [7, 11) is 5.29. The highest BCUT2D eigenvalue weighted by molar-refractivity contribution is 5.95. The predicted molar refractivity (Wildman–Crippen MR) is 75.1 cm³/mol. The van der Waals surface area contributed by atoms with E-state index in [4.69, 9.17) is 9.84 Å². The maximum atomic E-state index is 12.3. The van der Waals surface area contributed by atoms with Crippen molar-refractivity contribution < 1.29 is 19.4 Å². The van der Waals surface area contributed by atoms with Crippen LogP contribution in [0.25, 0.3) is 0 Å². The fourth-order valence-corrected chi connectivity index (χ4v) is 1.65. The number of likely N-dealkylation sites (N-methyl/N-ethyl adjacent to an activating group) is 1. The molecule has 6 nitrogen and oxygen atoms in total. The maximum absolute atomic E-state index is 12.3. The molecule has 0 spiro atoms. The molecule has 6 heteroatoms. The van der Waals surface area contributed by atoms with E-state index in [9.17, 15) is 9.59 Å². The van der Waals surface area contributed by atoms with Crippen LogP contribution in [0, 0.1) is 0 Å². The second-order valence-electron chi connectivity index (χ2n) is 4.65. The smallest absolute Gasteiger partial charge is 0.323 e. The summed E-state index contributed by atoms with van der Waals surface area (Å²) in [5.74, 6) is -0.665. The van der Waals surface area contributed by atoms with Crippen molar-refractivity contribution >= 4 is 11.9 Å². The lowest BCUT2D eigenvalue weighted by Crippen LogP contribution is -2.40. The number of carbonyl (C=O) groups is 2. The van der Waals surface area contributed by atoms with Gasteiger partial charge in [-0.15, -0.1) is 0 Å². The van der Waals surface area contributed by atoms with E-state index in [1.165, 1.54) is 4.90 Å². The number of rotatable bonds is 7. The molecule has 1 N–H and O–H groups in total. The van der Waals surface area contributed by atoms with Crippen molar-refractivity contribution in [1.29, 1.82) is 0 Å². The SMILES string of the molecule is COc1ccc(C(=O)N(CCN(C)C)CC(=O)O)cc1. The molecule has 0 fully saturated rings. The quantitative estimate of drug-likeness (QED) is 0.799. The molecule has 0 unspecified atom stereocenters. The summed E-state index contributed by atoms with van der Waals surface area (Å²) in [5, 5.41) is 8.90. The van der Waals surface area contributed by atoms with Gasteiger partial charge in [0.1, 0.15) is 12.3 Å². The van der Waals surface area contributed by atoms with E-state index in [1.807, 2.05) is 19.0 Å². The minimum atomic E-state index is -1.02. The fourth-order valence-electron chi connectivity index (χ4n) is 1.65. The van der Waals surface area contributed by atoms with Crippen molar-refractivity contribution in [3.05, 3.63) is 29.8 Å². The van der Waals surface area contributed by atoms with Gasteiger partial charge in [-0.05, 0) is 38.4 Å². The highest BCUT2D eigenvalue weighted by Crippen LogP contribution is 2.13. The van der Waals surface area contributed by atoms with Crippen molar-refractivity contribution in [3.8, 4) is 5.75 Å². The zero-order chi connectivity index (χ0) is 15.1. The van der Waals surface area contributed by atoms with E-state index in [2.05, 4.69) is 0 Å². The van der Waals surface area contributed by atoms with Gasteiger partial charge in [0, 0.05) is 18.7 Å². The molecule has 0 saturated carbocycles. The fraction of sp³-hybridized carbons (Fsp3) is 0.429. The minimum Gasteiger partial charge on any atom is -0.497 e. The standard InChI is InChI=1S/C14H20N2O4/c1-15(2)8-9-16(10-13(17)18)14(19)11-4-6-12(20-3)7-5-11/h4-7H,8-10H2,1-3H3,(H,17,18). The van der Waals surface area contributed by atoms with E-state index >= 15 is 0 Å². The third-order valence-electron chi connectivity index (χ3n) is 2.77. The first-order valence-electron chi connectivity index (χ1n) is 6.24. The van der Waals surface area contributed by atoms with Crippen LogP contribution in [0.5, 0.6) is 5.75 Å². The van der Waals surface area contributed by atoms with Crippen LogP contribution in [0.3, 0.4) is 0 Å². The Balaban J connectivity index is 2.81. The summed E-state index contributed by atoms with van der Waals surface area (Å²) in [6, 6.07) is 6.62. The van der Waals surface area contributed by atoms with Gasteiger partial charge in [-0.25, -0.2) is 0 Å². The lowest BCUT2D eigenvalue weighted by Gasteiger charge is -2.22. The van der Waals surface area contributed by atoms with E-state index < -0.39 is 5.97 Å². The number of amides is 1. The number of hydrogen-bond acceptors (Lipinski definition) is 4. The summed E-state index contributed by atoms with van der Waals surface area (Å²) in [6.45, 7) is 0.665. The van der Waals surface area contributed by atoms with Crippen molar-refractivity contribution in [2.45, 2.75) is 0 Å². The molecule has 0 aromatic heterocycles. The summed E-state index contributed by atoms with van der Waals surface area (Å²) >= 11 is 0. The lowest BCUT2D eigenvalue weighted by atomic mass is 10.2. The van der Waals surface area contributed by atoms with Gasteiger partial charge >= 0.3 is 5.97 Å². The van der Waals surface area contributed by atoms with Gasteiger partial charge in [0.2, 0.25) is 0 Å². The van der Waals surface area contributed by atoms with Gasteiger partial charge < -0.3 is 19.6 Å². The average Bonchev–Trinajstić information content (AvgIpc) is 2.42. The van der Waals surface area contributed by atoms with Gasteiger partial charge in [-0.2, -0.15) is 0 Å². The van der Waals surface area contributed by atoms with Crippen LogP contribution in [-0.2, 0) is 4.79 Å². The molecule has 0 aliphatic carbocycles. The number of nitrogens with zero attached hydrogens (tertiary/aromatic N) is 2. The Morgan fingerprint density at radius 3 is 2.20 bits per heavy atom. The molecule has 0 radical (unpaired) electrons. The van der Waals surface area contributed by atoms with E-state index in [1.54, 1.807) is 31.4 Å². The van der Waals surface area contributed by atoms with Crippen molar-refractivity contribution in [2.24, 2.45) is 0 Å². The maximum Gasteiger partial charge on any atom is 0.323 e. The van der Waals surface area contributed by atoms with Gasteiger partial charge in [-0.1, -0.05) is 0 Å². The van der Waals surface area contributed by atoms with E-state index in [0.717, 1.165) is 0 Å². The predicted octanol–water partition coefficient (Wildman–Crippen LogP) is 0.784. The van der Waals surface area contributed by atoms with Gasteiger partial charge in [0.05, 0.1) is 7.11 Å². The van der Waals surface area contributed by atoms with Crippen molar-refractivity contribution in [1.82, 2.24) is 9.80 Å². The Bertz CT molecular complexity index is 457. The molecule has 1 aromatic carbocycles. The first-order chi connectivity index (χ1) is 9.43. The van der Waals surface area contributed by atoms with Crippen LogP contribution >= 0.6 is 0 Å². The molecule has 0 heterocycles. The third kappa shape index (κ3) is 4.89. The van der Waals surface area contributed by atoms with E-state index in [0.29, 0.717) is 24.4 Å². The zero-order valence-corrected chi connectivity index (χ0v) is 12.0. The topological polar surface area (TPSA) is 70.1 Å². The highest BCUT2D eigenvalue weighted by atomic mass is 16.5. The molecule has 0 saturated heterocycles. The molecular formula is C14H20N2O4. The Morgan fingerprint density at radius 2 is 1.75 bits per heavy atom. The number of ether oxygens (including phenoxy) is 1. The van der Waals surface area contributed by atoms with Crippen LogP contribution in [0.1, 0.15) is 10.4 Å². The molecule has 0 atom stereocenters. The molecule has 0 aliphatic heterocycles. The third-order valence-corrected chi connectivity index (χ3v) is 2.77. The van der Waals surface area contributed by atoms with Crippen LogP contribution in [0.4, 0.5) is 0 Å². The zero-order valence-electron chi connectivity index (χ0n) is 12.0. The number of methoxy groups -OCH3 is 1. The van der Waals surface area contributed by atoms with Crippen LogP contribution < -0.4 is 4.74 Å². The minimum absolute atomic E-state index is 0.295. The molecule has 1 aromatic rings. The number of aliphatic carboxylic acids is 1. The summed E-state index contributed by atoms with van der Waals surface area (Å²) in [4.78, 5) is 26.4. The van der Waals surface area contributed by atoms with Gasteiger partial charge in [0.15, 0.2) is 0 Å². The number of hydrogen-bond donors (Lipinski definition) is 1. The van der Waals surface area contributed by atoms with Gasteiger partial charge in [-0.3, -0.25) is 9.59 Å². The number of carboxylic acids is 1. The summed E-state index contributed by atoms with van der Waals surface area (Å²) in [5.41, 5.74) is 0.450. The summed E-state index contributed by atoms with van der Waals surface area (Å²) in [6.07, 6.45) is 0. The summed E-state index contributed by atoms with van der Waals surface area (Å²) < 4.78 is 5.03. The number of benzene rings is 1. The van der Waals surface area contributed by atoms with Crippen LogP contribution in [0.2, 0.25) is 0 Å². The van der Waals surface area contributed by atoms with Crippen molar-refractivity contribution in [3.63, 3.8) is 0 Å². The van der Waals surface area contributed by atoms with Gasteiger partial charge in [0.25, 0.3) is 5.91 Å². The Kier molecular flexibility index (Phi) is 5.99. The Hall–Kier alpha value is -2.08. The molecule has 20 heavy (non-hydrogen) atoms. The molecule has 1 rings (SSSR count). The second-order valence-corrected chi connectivity index (χ2v) is 4.65. The van der Waals surface area contributed by atoms with Crippen molar-refractivity contribution in [2.75, 3.05) is 40.8 Å². The second kappa shape index (κ2) is 7.49. The van der Waals surface area contributed by atoms with Crippen LogP contribution in [-0.4, -0.2) is 67.6 Å². The highest BCUT2D eigenvalue weighted by Gasteiger charge is 2.18. The molecule has 1 amide bonds. The number of carbonyl (C=O) groups excluding carboxylic acids is 1. The first-order valence-corrected chi connectivity index (χ1v) is 6.24.